The number of fused-ring (bicyclic) bond motifs is 5. The van der Waals surface area contributed by atoms with Gasteiger partial charge >= 0.3 is 0 Å². The molecule has 0 aliphatic heterocycles. The monoisotopic (exact) mass is 491 g/mol. The predicted octanol–water partition coefficient (Wildman–Crippen LogP) is 6.59. The third-order valence-electron chi connectivity index (χ3n) is 6.01. The van der Waals surface area contributed by atoms with Gasteiger partial charge in [0.15, 0.2) is 11.4 Å². The average molecular weight is 492 g/mol. The van der Waals surface area contributed by atoms with Crippen molar-refractivity contribution in [1.29, 1.82) is 0 Å². The molecule has 0 aliphatic rings. The largest absolute Gasteiger partial charge is 0.485 e. The first-order valence-electron chi connectivity index (χ1n) is 10.9. The average Bonchev–Trinajstić information content (AvgIpc) is 3.55. The number of thiophene rings is 1. The van der Waals surface area contributed by atoms with Crippen LogP contribution in [0.1, 0.15) is 34.6 Å². The molecule has 0 radical (unpaired) electrons. The summed E-state index contributed by atoms with van der Waals surface area (Å²) in [4.78, 5) is 13.8. The van der Waals surface area contributed by atoms with Gasteiger partial charge in [0, 0.05) is 5.39 Å². The van der Waals surface area contributed by atoms with Crippen LogP contribution in [-0.4, -0.2) is 24.6 Å². The molecule has 0 saturated carbocycles. The molecule has 0 aliphatic carbocycles. The number of aryl methyl sites for hydroxylation is 2. The first-order valence-corrected chi connectivity index (χ1v) is 11.7. The Morgan fingerprint density at radius 2 is 1.94 bits per heavy atom. The molecule has 10 heteroatoms. The summed E-state index contributed by atoms with van der Waals surface area (Å²) in [6, 6.07) is 11.0. The minimum absolute atomic E-state index is 0.245. The minimum atomic E-state index is -2.64. The van der Waals surface area contributed by atoms with Gasteiger partial charge in [-0.2, -0.15) is 0 Å². The van der Waals surface area contributed by atoms with Crippen LogP contribution in [0, 0.1) is 20.8 Å². The molecule has 6 aromatic rings. The van der Waals surface area contributed by atoms with Crippen LogP contribution < -0.4 is 4.74 Å². The molecular weight excluding hydrogens is 472 g/mol. The molecular formula is C25H19F2N5O2S. The lowest BCUT2D eigenvalue weighted by atomic mass is 10.1. The van der Waals surface area contributed by atoms with E-state index in [1.807, 2.05) is 38.1 Å². The maximum absolute atomic E-state index is 13.2. The Morgan fingerprint density at radius 3 is 2.77 bits per heavy atom. The maximum Gasteiger partial charge on any atom is 0.280 e. The topological polar surface area (TPSA) is 78.3 Å². The van der Waals surface area contributed by atoms with Crippen LogP contribution in [-0.2, 0) is 6.61 Å². The van der Waals surface area contributed by atoms with E-state index < -0.39 is 6.43 Å². The second-order valence-electron chi connectivity index (χ2n) is 8.33. The van der Waals surface area contributed by atoms with Crippen molar-refractivity contribution >= 4 is 37.4 Å². The fraction of sp³-hybridized carbons (Fsp3) is 0.200. The molecule has 7 nitrogen and oxygen atoms in total. The summed E-state index contributed by atoms with van der Waals surface area (Å²) < 4.78 is 40.7. The Kier molecular flexibility index (Phi) is 4.99. The van der Waals surface area contributed by atoms with Gasteiger partial charge < -0.3 is 9.15 Å². The lowest BCUT2D eigenvalue weighted by Gasteiger charge is -2.09. The molecule has 0 atom stereocenters. The number of furan rings is 1. The summed E-state index contributed by atoms with van der Waals surface area (Å²) in [7, 11) is 0. The molecule has 0 spiro atoms. The van der Waals surface area contributed by atoms with Crippen molar-refractivity contribution in [3.63, 3.8) is 0 Å². The van der Waals surface area contributed by atoms with Gasteiger partial charge in [-0.3, -0.25) is 0 Å². The molecule has 35 heavy (non-hydrogen) atoms. The number of hydrogen-bond acceptors (Lipinski definition) is 7. The Hall–Kier alpha value is -3.92. The predicted molar refractivity (Wildman–Crippen MR) is 129 cm³/mol. The molecule has 176 valence electrons. The van der Waals surface area contributed by atoms with Gasteiger partial charge in [0.2, 0.25) is 5.82 Å². The summed E-state index contributed by atoms with van der Waals surface area (Å²) in [5.74, 6) is 2.35. The van der Waals surface area contributed by atoms with Gasteiger partial charge in [-0.05, 0) is 61.7 Å². The highest BCUT2D eigenvalue weighted by molar-refractivity contribution is 7.26. The van der Waals surface area contributed by atoms with Crippen LogP contribution in [0.3, 0.4) is 0 Å². The van der Waals surface area contributed by atoms with Crippen LogP contribution in [0.2, 0.25) is 0 Å². The Morgan fingerprint density at radius 1 is 1.09 bits per heavy atom. The Balaban J connectivity index is 1.35. The lowest BCUT2D eigenvalue weighted by molar-refractivity contribution is 0.146. The number of hydrogen-bond donors (Lipinski definition) is 0. The number of pyridine rings is 1. The molecule has 0 saturated heterocycles. The Labute approximate surface area is 202 Å². The molecule has 0 N–H and O–H groups in total. The number of benzene rings is 1. The van der Waals surface area contributed by atoms with Crippen molar-refractivity contribution in [2.75, 3.05) is 0 Å². The Bertz CT molecular complexity index is 1740. The van der Waals surface area contributed by atoms with E-state index in [-0.39, 0.29) is 12.3 Å². The van der Waals surface area contributed by atoms with Crippen LogP contribution in [0.4, 0.5) is 8.78 Å². The van der Waals surface area contributed by atoms with Crippen molar-refractivity contribution in [3.05, 3.63) is 70.9 Å². The third-order valence-corrected chi connectivity index (χ3v) is 7.08. The van der Waals surface area contributed by atoms with E-state index in [0.29, 0.717) is 38.9 Å². The quantitative estimate of drug-likeness (QED) is 0.271. The first-order chi connectivity index (χ1) is 16.9. The van der Waals surface area contributed by atoms with Crippen LogP contribution >= 0.6 is 11.3 Å². The van der Waals surface area contributed by atoms with Crippen molar-refractivity contribution in [3.8, 4) is 17.3 Å². The SMILES string of the molecule is Cc1cccc(OCc2ccc(-c3nc4c5sc6nc(C(F)F)cc(C)c6c5ncn4n3)o2)c1C. The zero-order valence-corrected chi connectivity index (χ0v) is 19.9. The van der Waals surface area contributed by atoms with Gasteiger partial charge in [-0.25, -0.2) is 28.2 Å². The highest BCUT2D eigenvalue weighted by Crippen LogP contribution is 2.37. The molecule has 0 bridgehead atoms. The molecule has 0 fully saturated rings. The number of nitrogens with zero attached hydrogens (tertiary/aromatic N) is 5. The van der Waals surface area contributed by atoms with Crippen molar-refractivity contribution in [1.82, 2.24) is 24.6 Å². The third kappa shape index (κ3) is 3.61. The number of rotatable bonds is 5. The summed E-state index contributed by atoms with van der Waals surface area (Å²) in [5.41, 5.74) is 3.94. The fourth-order valence-corrected chi connectivity index (χ4v) is 5.24. The molecule has 0 unspecified atom stereocenters. The maximum atomic E-state index is 13.2. The number of aromatic nitrogens is 5. The zero-order valence-electron chi connectivity index (χ0n) is 19.0. The molecule has 0 amide bonds. The van der Waals surface area contributed by atoms with E-state index in [4.69, 9.17) is 9.15 Å². The van der Waals surface area contributed by atoms with E-state index >= 15 is 0 Å². The fourth-order valence-electron chi connectivity index (χ4n) is 4.06. The lowest BCUT2D eigenvalue weighted by Crippen LogP contribution is -1.96. The summed E-state index contributed by atoms with van der Waals surface area (Å²) in [6.45, 7) is 6.12. The molecule has 6 rings (SSSR count). The van der Waals surface area contributed by atoms with E-state index in [1.165, 1.54) is 17.4 Å². The second kappa shape index (κ2) is 8.09. The van der Waals surface area contributed by atoms with Crippen LogP contribution in [0.15, 0.2) is 47.1 Å². The summed E-state index contributed by atoms with van der Waals surface area (Å²) >= 11 is 1.28. The second-order valence-corrected chi connectivity index (χ2v) is 9.32. The molecule has 5 aromatic heterocycles. The van der Waals surface area contributed by atoms with E-state index in [0.717, 1.165) is 27.0 Å². The summed E-state index contributed by atoms with van der Waals surface area (Å²) in [5, 5.41) is 5.26. The van der Waals surface area contributed by atoms with Crippen LogP contribution in [0.25, 0.3) is 37.7 Å². The normalized spacial score (nSPS) is 11.9. The highest BCUT2D eigenvalue weighted by atomic mass is 32.1. The van der Waals surface area contributed by atoms with Gasteiger partial charge in [0.25, 0.3) is 6.43 Å². The number of alkyl halides is 2. The van der Waals surface area contributed by atoms with E-state index in [1.54, 1.807) is 23.8 Å². The van der Waals surface area contributed by atoms with Crippen molar-refractivity contribution in [2.24, 2.45) is 0 Å². The smallest absolute Gasteiger partial charge is 0.280 e. The van der Waals surface area contributed by atoms with Crippen molar-refractivity contribution < 1.29 is 17.9 Å². The molecule has 1 aromatic carbocycles. The highest BCUT2D eigenvalue weighted by Gasteiger charge is 2.20. The van der Waals surface area contributed by atoms with Gasteiger partial charge in [0.1, 0.15) is 39.7 Å². The number of ether oxygens (including phenoxy) is 1. The van der Waals surface area contributed by atoms with E-state index in [2.05, 4.69) is 20.1 Å². The summed E-state index contributed by atoms with van der Waals surface area (Å²) in [6.07, 6.45) is -1.07. The van der Waals surface area contributed by atoms with Gasteiger partial charge in [0.05, 0.1) is 5.52 Å². The molecule has 5 heterocycles. The van der Waals surface area contributed by atoms with Crippen LogP contribution in [0.5, 0.6) is 5.75 Å². The zero-order chi connectivity index (χ0) is 24.3. The standard InChI is InChI=1S/C25H19F2N5O2S/c1-12-5-4-6-17(14(12)3)33-10-15-7-8-18(34-15)23-30-24-21-20(28-11-32(24)31-23)19-13(2)9-16(22(26)27)29-25(19)35-21/h4-9,11,22H,10H2,1-3H3. The minimum Gasteiger partial charge on any atom is -0.485 e. The van der Waals surface area contributed by atoms with Gasteiger partial charge in [-0.1, -0.05) is 12.1 Å². The van der Waals surface area contributed by atoms with Gasteiger partial charge in [-0.15, -0.1) is 16.4 Å². The number of halogens is 2. The first kappa shape index (κ1) is 21.6. The van der Waals surface area contributed by atoms with Crippen molar-refractivity contribution in [2.45, 2.75) is 33.8 Å². The van der Waals surface area contributed by atoms with E-state index in [9.17, 15) is 8.78 Å².